The summed E-state index contributed by atoms with van der Waals surface area (Å²) in [6.45, 7) is 0. The molecule has 1 fully saturated rings. The number of phenolic OH excluding ortho intramolecular Hbond substituents is 1. The van der Waals surface area contributed by atoms with Crippen molar-refractivity contribution in [1.82, 2.24) is 0 Å². The maximum absolute atomic E-state index is 9.87. The Hall–Kier alpha value is -0.290. The maximum Gasteiger partial charge on any atom is 0.134 e. The van der Waals surface area contributed by atoms with Gasteiger partial charge in [-0.1, -0.05) is 12.1 Å². The number of aliphatic hydroxyl groups excluding tert-OH is 1. The molecule has 5 heteroatoms. The third-order valence-electron chi connectivity index (χ3n) is 2.85. The maximum atomic E-state index is 9.87. The molecule has 16 heavy (non-hydrogen) atoms. The Kier molecular flexibility index (Phi) is 4.62. The molecule has 2 rings (SSSR count). The number of aliphatic hydroxyl groups is 1. The summed E-state index contributed by atoms with van der Waals surface area (Å²) in [6.07, 6.45) is 1.51. The molecule has 0 radical (unpaired) electrons. The van der Waals surface area contributed by atoms with Crippen molar-refractivity contribution in [3.05, 3.63) is 28.2 Å². The van der Waals surface area contributed by atoms with Crippen molar-refractivity contribution in [3.8, 4) is 5.75 Å². The summed E-state index contributed by atoms with van der Waals surface area (Å²) < 4.78 is 0.610. The topological polar surface area (TPSA) is 66.5 Å². The summed E-state index contributed by atoms with van der Waals surface area (Å²) in [5.74, 6) is 0.433. The van der Waals surface area contributed by atoms with Crippen LogP contribution >= 0.6 is 28.3 Å². The zero-order chi connectivity index (χ0) is 11.0. The lowest BCUT2D eigenvalue weighted by molar-refractivity contribution is 0.121. The van der Waals surface area contributed by atoms with E-state index in [0.29, 0.717) is 16.0 Å². The Morgan fingerprint density at radius 1 is 1.38 bits per heavy atom. The number of para-hydroxylation sites is 1. The van der Waals surface area contributed by atoms with E-state index < -0.39 is 12.1 Å². The van der Waals surface area contributed by atoms with E-state index in [2.05, 4.69) is 15.9 Å². The highest BCUT2D eigenvalue weighted by molar-refractivity contribution is 9.10. The summed E-state index contributed by atoms with van der Waals surface area (Å²) in [6, 6.07) is 4.79. The highest BCUT2D eigenvalue weighted by Gasteiger charge is 2.35. The van der Waals surface area contributed by atoms with Gasteiger partial charge in [0.1, 0.15) is 5.75 Å². The molecule has 0 unspecified atom stereocenters. The number of rotatable bonds is 3. The molecular weight excluding hydrogens is 293 g/mol. The second kappa shape index (κ2) is 5.36. The second-order valence-electron chi connectivity index (χ2n) is 4.03. The fourth-order valence-electron chi connectivity index (χ4n) is 1.72. The Morgan fingerprint density at radius 3 is 2.56 bits per heavy atom. The van der Waals surface area contributed by atoms with Crippen molar-refractivity contribution >= 4 is 28.3 Å². The van der Waals surface area contributed by atoms with Gasteiger partial charge in [-0.15, -0.1) is 12.4 Å². The van der Waals surface area contributed by atoms with Gasteiger partial charge in [0.15, 0.2) is 0 Å². The highest BCUT2D eigenvalue weighted by atomic mass is 79.9. The van der Waals surface area contributed by atoms with Crippen molar-refractivity contribution < 1.29 is 10.2 Å². The summed E-state index contributed by atoms with van der Waals surface area (Å²) >= 11 is 3.23. The summed E-state index contributed by atoms with van der Waals surface area (Å²) in [4.78, 5) is 0. The fraction of sp³-hybridized carbons (Fsp3) is 0.455. The van der Waals surface area contributed by atoms with Crippen molar-refractivity contribution in [2.45, 2.75) is 25.0 Å². The van der Waals surface area contributed by atoms with E-state index in [4.69, 9.17) is 5.73 Å². The van der Waals surface area contributed by atoms with Gasteiger partial charge in [0, 0.05) is 5.56 Å². The van der Waals surface area contributed by atoms with Crippen LogP contribution in [-0.2, 0) is 0 Å². The van der Waals surface area contributed by atoms with Gasteiger partial charge >= 0.3 is 0 Å². The van der Waals surface area contributed by atoms with Crippen LogP contribution in [0.2, 0.25) is 0 Å². The predicted molar refractivity (Wildman–Crippen MR) is 68.7 cm³/mol. The number of hydrogen-bond donors (Lipinski definition) is 3. The van der Waals surface area contributed by atoms with Gasteiger partial charge in [-0.25, -0.2) is 0 Å². The summed E-state index contributed by atoms with van der Waals surface area (Å²) in [5.41, 5.74) is 6.52. The van der Waals surface area contributed by atoms with Gasteiger partial charge < -0.3 is 15.9 Å². The lowest BCUT2D eigenvalue weighted by atomic mass is 9.98. The molecule has 0 amide bonds. The van der Waals surface area contributed by atoms with E-state index in [0.717, 1.165) is 12.8 Å². The minimum atomic E-state index is -0.551. The normalized spacial score (nSPS) is 18.7. The van der Waals surface area contributed by atoms with E-state index in [1.807, 2.05) is 0 Å². The van der Waals surface area contributed by atoms with Crippen LogP contribution in [0.1, 0.15) is 24.4 Å². The van der Waals surface area contributed by atoms with Crippen molar-refractivity contribution in [3.63, 3.8) is 0 Å². The molecular formula is C11H15BrClNO2. The first-order valence-corrected chi connectivity index (χ1v) is 5.81. The number of nitrogens with two attached hydrogens (primary N) is 1. The van der Waals surface area contributed by atoms with Gasteiger partial charge in [0.25, 0.3) is 0 Å². The van der Waals surface area contributed by atoms with Gasteiger partial charge in [0.2, 0.25) is 0 Å². The molecule has 2 atom stereocenters. The third-order valence-corrected chi connectivity index (χ3v) is 3.49. The molecule has 1 aromatic rings. The van der Waals surface area contributed by atoms with Gasteiger partial charge in [-0.05, 0) is 40.8 Å². The number of phenols is 1. The van der Waals surface area contributed by atoms with E-state index >= 15 is 0 Å². The van der Waals surface area contributed by atoms with Crippen molar-refractivity contribution in [1.29, 1.82) is 0 Å². The average Bonchev–Trinajstić information content (AvgIpc) is 3.03. The van der Waals surface area contributed by atoms with Gasteiger partial charge in [-0.2, -0.15) is 0 Å². The quantitative estimate of drug-likeness (QED) is 0.803. The molecule has 1 saturated carbocycles. The molecule has 1 aromatic carbocycles. The summed E-state index contributed by atoms with van der Waals surface area (Å²) in [7, 11) is 0. The lowest BCUT2D eigenvalue weighted by Crippen LogP contribution is -2.27. The highest BCUT2D eigenvalue weighted by Crippen LogP contribution is 2.40. The fourth-order valence-corrected chi connectivity index (χ4v) is 2.10. The van der Waals surface area contributed by atoms with Crippen molar-refractivity contribution in [2.24, 2.45) is 11.7 Å². The molecule has 0 bridgehead atoms. The molecule has 1 aliphatic carbocycles. The monoisotopic (exact) mass is 307 g/mol. The molecule has 0 heterocycles. The largest absolute Gasteiger partial charge is 0.506 e. The van der Waals surface area contributed by atoms with Crippen LogP contribution in [0, 0.1) is 5.92 Å². The van der Waals surface area contributed by atoms with Crippen LogP contribution in [0.4, 0.5) is 0 Å². The number of hydrogen-bond acceptors (Lipinski definition) is 3. The van der Waals surface area contributed by atoms with Crippen LogP contribution in [0.5, 0.6) is 5.75 Å². The van der Waals surface area contributed by atoms with Gasteiger partial charge in [-0.3, -0.25) is 0 Å². The average molecular weight is 309 g/mol. The Balaban J connectivity index is 0.00000128. The predicted octanol–water partition coefficient (Wildman–Crippen LogP) is 2.35. The van der Waals surface area contributed by atoms with Crippen LogP contribution in [-0.4, -0.2) is 16.3 Å². The molecule has 0 saturated heterocycles. The third kappa shape index (κ3) is 2.69. The van der Waals surface area contributed by atoms with Crippen LogP contribution in [0.3, 0.4) is 0 Å². The minimum Gasteiger partial charge on any atom is -0.506 e. The molecule has 0 aliphatic heterocycles. The molecule has 90 valence electrons. The second-order valence-corrected chi connectivity index (χ2v) is 4.89. The number of benzene rings is 1. The van der Waals surface area contributed by atoms with E-state index in [-0.39, 0.29) is 18.2 Å². The molecule has 0 aromatic heterocycles. The molecule has 4 N–H and O–H groups in total. The Bertz CT molecular complexity index is 371. The first kappa shape index (κ1) is 13.8. The number of aromatic hydroxyl groups is 1. The zero-order valence-corrected chi connectivity index (χ0v) is 11.0. The van der Waals surface area contributed by atoms with Crippen LogP contribution < -0.4 is 5.73 Å². The van der Waals surface area contributed by atoms with E-state index in [1.165, 1.54) is 0 Å². The SMILES string of the molecule is Cl.N[C@H](c1cccc(Br)c1O)[C@@H](O)C1CC1. The standard InChI is InChI=1S/C11H14BrNO2.ClH/c12-8-3-1-2-7(11(8)15)9(13)10(14)6-4-5-6;/h1-3,6,9-10,14-15H,4-5,13H2;1H/t9-,10+;/m1./s1. The first-order chi connectivity index (χ1) is 7.11. The van der Waals surface area contributed by atoms with Crippen LogP contribution in [0.15, 0.2) is 22.7 Å². The molecule has 3 nitrogen and oxygen atoms in total. The lowest BCUT2D eigenvalue weighted by Gasteiger charge is -2.20. The summed E-state index contributed by atoms with van der Waals surface area (Å²) in [5, 5.41) is 19.7. The number of halogens is 2. The smallest absolute Gasteiger partial charge is 0.134 e. The molecule has 0 spiro atoms. The van der Waals surface area contributed by atoms with Gasteiger partial charge in [0.05, 0.1) is 16.6 Å². The van der Waals surface area contributed by atoms with Crippen molar-refractivity contribution in [2.75, 3.05) is 0 Å². The van der Waals surface area contributed by atoms with E-state index in [1.54, 1.807) is 18.2 Å². The Morgan fingerprint density at radius 2 is 2.00 bits per heavy atom. The minimum absolute atomic E-state index is 0. The van der Waals surface area contributed by atoms with Crippen LogP contribution in [0.25, 0.3) is 0 Å². The zero-order valence-electron chi connectivity index (χ0n) is 8.64. The Labute approximate surface area is 109 Å². The molecule has 1 aliphatic rings. The first-order valence-electron chi connectivity index (χ1n) is 5.02. The van der Waals surface area contributed by atoms with E-state index in [9.17, 15) is 10.2 Å².